The number of unbranched alkanes of at least 4 members (excludes halogenated alkanes) is 1. The number of carboxylic acids is 1. The van der Waals surface area contributed by atoms with E-state index in [0.717, 1.165) is 19.3 Å². The highest BCUT2D eigenvalue weighted by Gasteiger charge is 2.48. The molecular formula is C66H87O9PSi. The molecule has 11 atom stereocenters. The number of rotatable bonds is 21. The van der Waals surface area contributed by atoms with Crippen LogP contribution < -0.4 is 15.9 Å². The second kappa shape index (κ2) is 29.8. The van der Waals surface area contributed by atoms with Crippen molar-refractivity contribution >= 4 is 43.4 Å². The summed E-state index contributed by atoms with van der Waals surface area (Å²) in [5, 5.41) is 63.8. The molecule has 3 aliphatic rings. The lowest BCUT2D eigenvalue weighted by molar-refractivity contribution is -0.137. The molecule has 0 bridgehead atoms. The Morgan fingerprint density at radius 3 is 1.66 bits per heavy atom. The van der Waals surface area contributed by atoms with Gasteiger partial charge in [0.15, 0.2) is 14.6 Å². The van der Waals surface area contributed by atoms with Crippen molar-refractivity contribution in [2.24, 2.45) is 23.7 Å². The summed E-state index contributed by atoms with van der Waals surface area (Å²) in [5.41, 5.74) is 2.50. The number of fused-ring (bicyclic) bond motifs is 1. The molecule has 8 rings (SSSR count). The number of benzene rings is 5. The van der Waals surface area contributed by atoms with Crippen molar-refractivity contribution in [2.75, 3.05) is 0 Å². The Bertz CT molecular complexity index is 2520. The number of aliphatic carboxylic acids is 1. The largest absolute Gasteiger partial charge is 0.481 e. The van der Waals surface area contributed by atoms with Crippen molar-refractivity contribution in [3.63, 3.8) is 0 Å². The molecule has 11 heteroatoms. The second-order valence-electron chi connectivity index (χ2n) is 22.6. The van der Waals surface area contributed by atoms with Gasteiger partial charge in [0.25, 0.3) is 0 Å². The zero-order valence-corrected chi connectivity index (χ0v) is 48.0. The van der Waals surface area contributed by atoms with Gasteiger partial charge in [-0.3, -0.25) is 4.79 Å². The summed E-state index contributed by atoms with van der Waals surface area (Å²) in [6.07, 6.45) is 20.5. The van der Waals surface area contributed by atoms with Gasteiger partial charge < -0.3 is 39.8 Å². The summed E-state index contributed by atoms with van der Waals surface area (Å²) < 4.78 is 12.3. The molecule has 9 nitrogen and oxygen atoms in total. The predicted molar refractivity (Wildman–Crippen MR) is 320 cm³/mol. The maximum atomic E-state index is 10.5. The summed E-state index contributed by atoms with van der Waals surface area (Å²) >= 11 is 0. The van der Waals surface area contributed by atoms with Gasteiger partial charge in [-0.15, -0.1) is 0 Å². The highest BCUT2D eigenvalue weighted by molar-refractivity contribution is 7.93. The molecule has 6 N–H and O–H groups in total. The molecule has 0 spiro atoms. The molecule has 1 heterocycles. The molecule has 1 aliphatic heterocycles. The van der Waals surface area contributed by atoms with Gasteiger partial charge in [-0.2, -0.15) is 0 Å². The Balaban J connectivity index is 0.000000190. The van der Waals surface area contributed by atoms with E-state index < -0.39 is 51.9 Å². The molecule has 5 aromatic carbocycles. The van der Waals surface area contributed by atoms with Gasteiger partial charge in [0.1, 0.15) is 0 Å². The van der Waals surface area contributed by atoms with Gasteiger partial charge >= 0.3 is 5.97 Å². The van der Waals surface area contributed by atoms with Gasteiger partial charge in [-0.05, 0) is 109 Å². The summed E-state index contributed by atoms with van der Waals surface area (Å²) in [5.74, 6) is -0.856. The predicted octanol–water partition coefficient (Wildman–Crippen LogP) is 11.2. The van der Waals surface area contributed by atoms with E-state index in [1.807, 2.05) is 54.6 Å². The van der Waals surface area contributed by atoms with E-state index in [1.54, 1.807) is 6.08 Å². The Morgan fingerprint density at radius 2 is 1.16 bits per heavy atom. The van der Waals surface area contributed by atoms with Crippen molar-refractivity contribution < 1.29 is 44.6 Å². The molecule has 0 radical (unpaired) electrons. The molecule has 2 saturated carbocycles. The number of hydrogen-bond donors (Lipinski definition) is 6. The summed E-state index contributed by atoms with van der Waals surface area (Å²) in [6, 6.07) is 52.5. The van der Waals surface area contributed by atoms with Gasteiger partial charge in [0, 0.05) is 37.5 Å². The highest BCUT2D eigenvalue weighted by atomic mass is 31.2. The molecule has 414 valence electrons. The van der Waals surface area contributed by atoms with E-state index in [-0.39, 0.29) is 47.3 Å². The third-order valence-electron chi connectivity index (χ3n) is 16.0. The minimum atomic E-state index is -1.92. The highest BCUT2D eigenvalue weighted by Crippen LogP contribution is 2.45. The van der Waals surface area contributed by atoms with Crippen LogP contribution in [0, 0.1) is 23.7 Å². The van der Waals surface area contributed by atoms with Crippen LogP contribution in [0.15, 0.2) is 188 Å². The fraction of sp³-hybridized carbons (Fsp3) is 0.424. The third kappa shape index (κ3) is 18.3. The Labute approximate surface area is 461 Å². The number of aryl methyl sites for hydroxylation is 2. The monoisotopic (exact) mass is 1080 g/mol. The molecular weight excluding hydrogens is 996 g/mol. The lowest BCUT2D eigenvalue weighted by Crippen LogP contribution is -2.43. The molecule has 1 unspecified atom stereocenters. The number of aliphatic hydroxyl groups is 5. The number of carbonyl (C=O) groups is 1. The maximum absolute atomic E-state index is 10.5. The van der Waals surface area contributed by atoms with Crippen LogP contribution in [0.25, 0.3) is 0 Å². The quantitative estimate of drug-likeness (QED) is 0.0182. The number of hydrogen-bond acceptors (Lipinski definition) is 8. The van der Waals surface area contributed by atoms with Crippen molar-refractivity contribution in [3.8, 4) is 0 Å². The number of allylic oxidation sites excluding steroid dienone is 2. The zero-order chi connectivity index (χ0) is 55.4. The fourth-order valence-electron chi connectivity index (χ4n) is 10.5. The van der Waals surface area contributed by atoms with E-state index in [2.05, 4.69) is 161 Å². The Kier molecular flexibility index (Phi) is 23.7. The summed E-state index contributed by atoms with van der Waals surface area (Å²) in [7, 11) is -1.92. The Hall–Kier alpha value is -4.97. The van der Waals surface area contributed by atoms with Crippen LogP contribution in [0.2, 0.25) is 18.1 Å². The van der Waals surface area contributed by atoms with E-state index in [9.17, 15) is 30.3 Å². The first-order valence-electron chi connectivity index (χ1n) is 27.8. The van der Waals surface area contributed by atoms with Crippen LogP contribution in [0.4, 0.5) is 0 Å². The number of carboxylic acid groups (broad SMARTS) is 1. The average molecular weight is 1080 g/mol. The van der Waals surface area contributed by atoms with Crippen LogP contribution in [0.1, 0.15) is 89.7 Å². The Morgan fingerprint density at radius 1 is 0.675 bits per heavy atom. The molecule has 2 aliphatic carbocycles. The van der Waals surface area contributed by atoms with Gasteiger partial charge in [-0.25, -0.2) is 0 Å². The zero-order valence-electron chi connectivity index (χ0n) is 46.1. The molecule has 0 aromatic heterocycles. The van der Waals surface area contributed by atoms with Crippen molar-refractivity contribution in [1.29, 1.82) is 0 Å². The standard InChI is InChI=1S/C24H38O4Si.C23H32O5.C19H17P/c1-24(2,3)29(4,5)28-18(12-11-17-9-7-6-8-10-17)13-14-19-20-15-23(26)27-22(20)16-21(19)25;24-18(13-12-17-8-4-3-5-9-17)14-15-20-19(21(25)16-22(20)26)10-6-1-2-7-11-23(27)28;1-20(17-11-5-2-6-12-17,18-13-7-3-8-14-18)19-15-9-4-10-16-19/h6-10,13-14,18-23,25-26H,11-12,15-16H2,1-5H3;1,3-6,8-9,14-15,18-22,24-26H,2,7,10-13,16H2,(H,27,28);2-16H,1H2/b14-13+;6-1-,15-14+;/t18-,19-,20-,21-,22+,23?;18-,19-,20-,21+,22-;/m11./s1. The summed E-state index contributed by atoms with van der Waals surface area (Å²) in [4.78, 5) is 10.5. The van der Waals surface area contributed by atoms with Crippen LogP contribution >= 0.6 is 6.89 Å². The van der Waals surface area contributed by atoms with Crippen LogP contribution in [0.3, 0.4) is 0 Å². The average Bonchev–Trinajstić information content (AvgIpc) is 4.03. The molecule has 5 aromatic rings. The van der Waals surface area contributed by atoms with Crippen molar-refractivity contribution in [1.82, 2.24) is 0 Å². The minimum absolute atomic E-state index is 0.0228. The molecule has 1 saturated heterocycles. The van der Waals surface area contributed by atoms with Crippen molar-refractivity contribution in [2.45, 2.75) is 152 Å². The lowest BCUT2D eigenvalue weighted by atomic mass is 9.89. The van der Waals surface area contributed by atoms with Gasteiger partial charge in [0.2, 0.25) is 0 Å². The molecule has 77 heavy (non-hydrogen) atoms. The molecule has 0 amide bonds. The smallest absolute Gasteiger partial charge is 0.303 e. The fourth-order valence-corrected chi connectivity index (χ4v) is 14.8. The first-order valence-corrected chi connectivity index (χ1v) is 32.7. The van der Waals surface area contributed by atoms with E-state index in [1.165, 1.54) is 27.0 Å². The lowest BCUT2D eigenvalue weighted by Gasteiger charge is -2.39. The topological polar surface area (TPSA) is 157 Å². The number of aliphatic hydroxyl groups excluding tert-OH is 5. The van der Waals surface area contributed by atoms with Crippen molar-refractivity contribution in [3.05, 3.63) is 199 Å². The van der Waals surface area contributed by atoms with Crippen LogP contribution in [-0.2, 0) is 26.8 Å². The van der Waals surface area contributed by atoms with E-state index in [0.29, 0.717) is 44.9 Å². The van der Waals surface area contributed by atoms with Crippen LogP contribution in [0.5, 0.6) is 0 Å². The first-order chi connectivity index (χ1) is 36.9. The second-order valence-corrected chi connectivity index (χ2v) is 30.6. The van der Waals surface area contributed by atoms with E-state index >= 15 is 0 Å². The van der Waals surface area contributed by atoms with Gasteiger partial charge in [0.05, 0.1) is 36.6 Å². The summed E-state index contributed by atoms with van der Waals surface area (Å²) in [6.45, 7) is 9.59. The maximum Gasteiger partial charge on any atom is 0.303 e. The minimum Gasteiger partial charge on any atom is -0.481 e. The number of ether oxygens (including phenoxy) is 1. The normalized spacial score (nSPS) is 24.3. The first kappa shape index (κ1) is 61.2. The van der Waals surface area contributed by atoms with Crippen LogP contribution in [-0.4, -0.2) is 94.1 Å². The van der Waals surface area contributed by atoms with E-state index in [4.69, 9.17) is 20.6 Å². The van der Waals surface area contributed by atoms with Gasteiger partial charge in [-0.1, -0.05) is 215 Å². The SMILES string of the molecule is C=P(c1ccccc1)(c1ccccc1)c1ccccc1.CC(C)(C)[Si](C)(C)O[C@@H](/C=C/[C@@H]1[C@H]2CC(O)O[C@H]2C[C@H]1O)CCc1ccccc1.O=C(O)CCC/C=C\C[C@@H]1[C@@H](/C=C/[C@H](O)CCc2ccccc2)[C@H](O)C[C@@H]1O. The molecule has 3 fully saturated rings. The third-order valence-corrected chi connectivity index (χ3v) is 24.1.